The summed E-state index contributed by atoms with van der Waals surface area (Å²) in [6, 6.07) is 10.4. The minimum atomic E-state index is -1.75. The molecule has 0 spiro atoms. The van der Waals surface area contributed by atoms with Crippen LogP contribution in [-0.4, -0.2) is 26.1 Å². The Balaban J connectivity index is 1.67. The van der Waals surface area contributed by atoms with Gasteiger partial charge in [-0.15, -0.1) is 0 Å². The molecule has 0 radical (unpaired) electrons. The summed E-state index contributed by atoms with van der Waals surface area (Å²) < 4.78 is 12.5. The maximum atomic E-state index is 10.1. The van der Waals surface area contributed by atoms with Gasteiger partial charge in [0.2, 0.25) is 0 Å². The van der Waals surface area contributed by atoms with E-state index in [0.29, 0.717) is 12.4 Å². The monoisotopic (exact) mass is 424 g/mol. The van der Waals surface area contributed by atoms with E-state index in [1.165, 1.54) is 5.56 Å². The summed E-state index contributed by atoms with van der Waals surface area (Å²) in [7, 11) is -1.75. The lowest BCUT2D eigenvalue weighted by Gasteiger charge is -2.38. The Morgan fingerprint density at radius 2 is 1.67 bits per heavy atom. The molecule has 0 unspecified atom stereocenters. The quantitative estimate of drug-likeness (QED) is 0.467. The van der Waals surface area contributed by atoms with Crippen molar-refractivity contribution in [2.45, 2.75) is 72.2 Å². The van der Waals surface area contributed by atoms with E-state index in [1.54, 1.807) is 0 Å². The van der Waals surface area contributed by atoms with Crippen LogP contribution in [0.4, 0.5) is 0 Å². The second kappa shape index (κ2) is 8.24. The molecule has 0 bridgehead atoms. The molecular formula is C26H36O3Si. The third-order valence-electron chi connectivity index (χ3n) is 6.52. The molecule has 0 fully saturated rings. The van der Waals surface area contributed by atoms with Gasteiger partial charge in [0, 0.05) is 18.1 Å². The fraction of sp³-hybridized carbons (Fsp3) is 0.462. The van der Waals surface area contributed by atoms with E-state index in [9.17, 15) is 5.11 Å². The minimum absolute atomic E-state index is 0.185. The van der Waals surface area contributed by atoms with Gasteiger partial charge in [-0.25, -0.2) is 0 Å². The summed E-state index contributed by atoms with van der Waals surface area (Å²) >= 11 is 0. The third kappa shape index (κ3) is 4.50. The van der Waals surface area contributed by atoms with Crippen LogP contribution in [0.15, 0.2) is 30.3 Å². The van der Waals surface area contributed by atoms with Crippen molar-refractivity contribution in [3.05, 3.63) is 52.6 Å². The Hall–Kier alpha value is -2.04. The largest absolute Gasteiger partial charge is 0.507 e. The number of aliphatic hydroxyl groups excluding tert-OH is 1. The fourth-order valence-corrected chi connectivity index (χ4v) is 5.32. The molecule has 0 heterocycles. The van der Waals surface area contributed by atoms with Gasteiger partial charge in [0.15, 0.2) is 8.32 Å². The lowest BCUT2D eigenvalue weighted by molar-refractivity contribution is 0.161. The van der Waals surface area contributed by atoms with Crippen LogP contribution in [0, 0.1) is 13.8 Å². The summed E-state index contributed by atoms with van der Waals surface area (Å²) in [4.78, 5) is 0. The summed E-state index contributed by atoms with van der Waals surface area (Å²) in [5, 5.41) is 10.3. The standard InChI is InChI=1S/C26H36O3Si/c1-17-14-21(28-13-12-19(3)29-30(7,8)26(4,5)6)15-18(2)24(17)22-11-9-10-20-16-23(27)25(20)22/h9-11,14-16,19,27H,12-13H2,1-8H3/t19-/m0/s1. The molecule has 30 heavy (non-hydrogen) atoms. The van der Waals surface area contributed by atoms with Crippen LogP contribution in [0.3, 0.4) is 0 Å². The normalized spacial score (nSPS) is 14.6. The highest BCUT2D eigenvalue weighted by Crippen LogP contribution is 2.42. The number of aliphatic hydroxyl groups is 1. The molecule has 1 aliphatic carbocycles. The van der Waals surface area contributed by atoms with E-state index in [0.717, 1.165) is 40.0 Å². The Bertz CT molecular complexity index is 944. The molecule has 2 aromatic carbocycles. The van der Waals surface area contributed by atoms with Crippen LogP contribution in [0.25, 0.3) is 23.0 Å². The average Bonchev–Trinajstić information content (AvgIpc) is 2.58. The summed E-state index contributed by atoms with van der Waals surface area (Å²) in [5.41, 5.74) is 6.63. The van der Waals surface area contributed by atoms with Crippen molar-refractivity contribution in [2.24, 2.45) is 0 Å². The van der Waals surface area contributed by atoms with Crippen molar-refractivity contribution in [3.8, 4) is 16.9 Å². The van der Waals surface area contributed by atoms with Gasteiger partial charge >= 0.3 is 0 Å². The first-order valence-corrected chi connectivity index (χ1v) is 13.8. The minimum Gasteiger partial charge on any atom is -0.507 e. The second-order valence-corrected chi connectivity index (χ2v) is 14.8. The van der Waals surface area contributed by atoms with E-state index in [4.69, 9.17) is 9.16 Å². The van der Waals surface area contributed by atoms with Gasteiger partial charge in [0.1, 0.15) is 11.5 Å². The number of fused-ring (bicyclic) bond motifs is 1. The molecule has 1 N–H and O–H groups in total. The summed E-state index contributed by atoms with van der Waals surface area (Å²) in [6.07, 6.45) is 2.87. The smallest absolute Gasteiger partial charge is 0.192 e. The highest BCUT2D eigenvalue weighted by atomic mass is 28.4. The molecule has 3 nitrogen and oxygen atoms in total. The van der Waals surface area contributed by atoms with Crippen LogP contribution in [0.2, 0.25) is 18.1 Å². The molecule has 1 aliphatic rings. The van der Waals surface area contributed by atoms with E-state index >= 15 is 0 Å². The van der Waals surface area contributed by atoms with Crippen LogP contribution >= 0.6 is 0 Å². The number of hydrogen-bond acceptors (Lipinski definition) is 3. The topological polar surface area (TPSA) is 38.7 Å². The molecule has 4 heteroatoms. The first-order valence-electron chi connectivity index (χ1n) is 10.9. The number of hydrogen-bond donors (Lipinski definition) is 1. The van der Waals surface area contributed by atoms with Gasteiger partial charge in [0.25, 0.3) is 0 Å². The van der Waals surface area contributed by atoms with Crippen molar-refractivity contribution in [1.82, 2.24) is 0 Å². The van der Waals surface area contributed by atoms with Crippen molar-refractivity contribution in [1.29, 1.82) is 0 Å². The summed E-state index contributed by atoms with van der Waals surface area (Å²) in [5.74, 6) is 1.26. The van der Waals surface area contributed by atoms with E-state index in [2.05, 4.69) is 72.8 Å². The van der Waals surface area contributed by atoms with Gasteiger partial charge < -0.3 is 14.3 Å². The molecule has 2 aromatic rings. The van der Waals surface area contributed by atoms with Crippen molar-refractivity contribution >= 4 is 20.2 Å². The summed E-state index contributed by atoms with van der Waals surface area (Å²) in [6.45, 7) is 18.4. The van der Waals surface area contributed by atoms with Gasteiger partial charge in [0.05, 0.1) is 6.61 Å². The van der Waals surface area contributed by atoms with Crippen molar-refractivity contribution in [3.63, 3.8) is 0 Å². The van der Waals surface area contributed by atoms with Crippen LogP contribution in [-0.2, 0) is 4.43 Å². The number of aryl methyl sites for hydroxylation is 2. The van der Waals surface area contributed by atoms with Gasteiger partial charge in [-0.2, -0.15) is 0 Å². The molecular weight excluding hydrogens is 388 g/mol. The molecule has 0 aliphatic heterocycles. The first-order chi connectivity index (χ1) is 13.9. The maximum Gasteiger partial charge on any atom is 0.192 e. The molecule has 0 aromatic heterocycles. The third-order valence-corrected chi connectivity index (χ3v) is 11.1. The molecule has 3 rings (SSSR count). The lowest BCUT2D eigenvalue weighted by atomic mass is 9.84. The predicted molar refractivity (Wildman–Crippen MR) is 130 cm³/mol. The van der Waals surface area contributed by atoms with Crippen LogP contribution in [0.5, 0.6) is 5.75 Å². The van der Waals surface area contributed by atoms with Gasteiger partial charge in [-0.3, -0.25) is 0 Å². The van der Waals surface area contributed by atoms with E-state index in [1.807, 2.05) is 18.2 Å². The average molecular weight is 425 g/mol. The van der Waals surface area contributed by atoms with E-state index in [-0.39, 0.29) is 11.1 Å². The number of ether oxygens (including phenoxy) is 1. The highest BCUT2D eigenvalue weighted by Gasteiger charge is 2.38. The zero-order valence-electron chi connectivity index (χ0n) is 19.7. The fourth-order valence-electron chi connectivity index (χ4n) is 3.84. The Morgan fingerprint density at radius 1 is 1.03 bits per heavy atom. The van der Waals surface area contributed by atoms with Crippen LogP contribution < -0.4 is 4.74 Å². The van der Waals surface area contributed by atoms with Gasteiger partial charge in [-0.1, -0.05) is 39.0 Å². The zero-order valence-corrected chi connectivity index (χ0v) is 20.7. The Kier molecular flexibility index (Phi) is 6.22. The maximum absolute atomic E-state index is 10.1. The SMILES string of the molecule is Cc1cc(OCC[C@H](C)O[Si](C)(C)C(C)(C)C)cc(C)c1-c1cccc2c1C(O)=C2. The first kappa shape index (κ1) is 22.6. The van der Waals surface area contributed by atoms with Crippen molar-refractivity contribution in [2.75, 3.05) is 6.61 Å². The molecule has 0 saturated carbocycles. The lowest BCUT2D eigenvalue weighted by Crippen LogP contribution is -2.43. The number of rotatable bonds is 7. The molecule has 162 valence electrons. The zero-order chi connectivity index (χ0) is 22.3. The van der Waals surface area contributed by atoms with Gasteiger partial charge in [-0.05, 0) is 84.9 Å². The Labute approximate surface area is 182 Å². The van der Waals surface area contributed by atoms with Crippen LogP contribution in [0.1, 0.15) is 56.4 Å². The van der Waals surface area contributed by atoms with E-state index < -0.39 is 8.32 Å². The number of benzene rings is 2. The van der Waals surface area contributed by atoms with Crippen molar-refractivity contribution < 1.29 is 14.3 Å². The predicted octanol–water partition coefficient (Wildman–Crippen LogP) is 7.52. The molecule has 0 saturated heterocycles. The highest BCUT2D eigenvalue weighted by molar-refractivity contribution is 6.74. The molecule has 0 amide bonds. The second-order valence-electron chi connectivity index (χ2n) is 10.1. The Morgan fingerprint density at radius 3 is 2.23 bits per heavy atom. The molecule has 1 atom stereocenters.